The lowest BCUT2D eigenvalue weighted by Gasteiger charge is -2.35. The second kappa shape index (κ2) is 9.34. The molecule has 2 aromatic rings. The predicted molar refractivity (Wildman–Crippen MR) is 112 cm³/mol. The summed E-state index contributed by atoms with van der Waals surface area (Å²) in [7, 11) is 0. The fourth-order valence-electron chi connectivity index (χ4n) is 3.35. The molecule has 1 aromatic heterocycles. The molecule has 1 aromatic carbocycles. The van der Waals surface area contributed by atoms with Gasteiger partial charge in [-0.3, -0.25) is 9.59 Å². The number of nitrogens with zero attached hydrogens (tertiary/aromatic N) is 3. The van der Waals surface area contributed by atoms with Gasteiger partial charge in [-0.15, -0.1) is 0 Å². The van der Waals surface area contributed by atoms with Crippen molar-refractivity contribution in [3.63, 3.8) is 0 Å². The number of fused-ring (bicyclic) bond motifs is 1. The number of rotatable bonds is 7. The second-order valence-corrected chi connectivity index (χ2v) is 8.28. The van der Waals surface area contributed by atoms with Crippen LogP contribution in [0.3, 0.4) is 0 Å². The summed E-state index contributed by atoms with van der Waals surface area (Å²) in [5.74, 6) is 0.965. The van der Waals surface area contributed by atoms with Crippen molar-refractivity contribution in [3.05, 3.63) is 24.3 Å². The zero-order valence-corrected chi connectivity index (χ0v) is 17.2. The molecule has 0 spiro atoms. The zero-order valence-electron chi connectivity index (χ0n) is 16.4. The van der Waals surface area contributed by atoms with Crippen molar-refractivity contribution in [1.82, 2.24) is 14.6 Å². The maximum Gasteiger partial charge on any atom is 0.223 e. The number of piperazine rings is 1. The molecule has 1 aliphatic heterocycles. The molecule has 2 amide bonds. The van der Waals surface area contributed by atoms with Gasteiger partial charge in [-0.25, -0.2) is 0 Å². The number of hydrogen-bond donors (Lipinski definition) is 2. The van der Waals surface area contributed by atoms with E-state index >= 15 is 0 Å². The first-order valence-corrected chi connectivity index (χ1v) is 10.5. The second-order valence-electron chi connectivity index (χ2n) is 7.47. The highest BCUT2D eigenvalue weighted by Crippen LogP contribution is 2.29. The largest absolute Gasteiger partial charge is 0.394 e. The average molecular weight is 405 g/mol. The zero-order chi connectivity index (χ0) is 20.1. The lowest BCUT2D eigenvalue weighted by atomic mass is 10.1. The summed E-state index contributed by atoms with van der Waals surface area (Å²) in [6.07, 6.45) is 0.348. The van der Waals surface area contributed by atoms with Crippen LogP contribution in [0, 0.1) is 5.92 Å². The van der Waals surface area contributed by atoms with Crippen LogP contribution in [0.4, 0.5) is 5.82 Å². The van der Waals surface area contributed by atoms with E-state index in [1.54, 1.807) is 0 Å². The summed E-state index contributed by atoms with van der Waals surface area (Å²) in [5, 5.41) is 13.2. The summed E-state index contributed by atoms with van der Waals surface area (Å²) in [5.41, 5.74) is 0. The van der Waals surface area contributed by atoms with Crippen molar-refractivity contribution in [2.24, 2.45) is 5.92 Å². The molecule has 2 N–H and O–H groups in total. The molecule has 7 nitrogen and oxygen atoms in total. The lowest BCUT2D eigenvalue weighted by Crippen LogP contribution is -2.49. The number of anilines is 1. The third-order valence-electron chi connectivity index (χ3n) is 5.20. The fraction of sp³-hybridized carbons (Fsp3) is 0.550. The van der Waals surface area contributed by atoms with Crippen LogP contribution in [0.5, 0.6) is 0 Å². The summed E-state index contributed by atoms with van der Waals surface area (Å²) >= 11 is 1.50. The molecule has 0 saturated carbocycles. The molecule has 28 heavy (non-hydrogen) atoms. The molecular formula is C20H28N4O3S. The number of nitrogens with one attached hydrogen (secondary N) is 1. The van der Waals surface area contributed by atoms with Crippen molar-refractivity contribution in [3.8, 4) is 0 Å². The maximum absolute atomic E-state index is 12.5. The van der Waals surface area contributed by atoms with Gasteiger partial charge in [0.05, 0.1) is 17.3 Å². The number of amides is 2. The van der Waals surface area contributed by atoms with Gasteiger partial charge in [0.15, 0.2) is 0 Å². The Labute approximate surface area is 169 Å². The van der Waals surface area contributed by atoms with E-state index in [1.807, 2.05) is 30.9 Å². The van der Waals surface area contributed by atoms with E-state index in [0.717, 1.165) is 24.3 Å². The SMILES string of the molecule is CC(C)[C@H](CO)NC(=O)CCC(=O)N1CCN(c2nsc3ccccc23)CC1. The van der Waals surface area contributed by atoms with Crippen molar-refractivity contribution < 1.29 is 14.7 Å². The highest BCUT2D eigenvalue weighted by atomic mass is 32.1. The number of benzene rings is 1. The molecule has 152 valence electrons. The van der Waals surface area contributed by atoms with Gasteiger partial charge in [0.1, 0.15) is 5.82 Å². The highest BCUT2D eigenvalue weighted by molar-refractivity contribution is 7.13. The average Bonchev–Trinajstić information content (AvgIpc) is 3.14. The Morgan fingerprint density at radius 3 is 2.57 bits per heavy atom. The Morgan fingerprint density at radius 2 is 1.89 bits per heavy atom. The molecule has 2 heterocycles. The Balaban J connectivity index is 1.47. The van der Waals surface area contributed by atoms with Gasteiger partial charge in [0.2, 0.25) is 11.8 Å². The summed E-state index contributed by atoms with van der Waals surface area (Å²) in [4.78, 5) is 28.5. The van der Waals surface area contributed by atoms with E-state index < -0.39 is 0 Å². The first-order valence-electron chi connectivity index (χ1n) is 9.77. The molecule has 8 heteroatoms. The molecule has 0 unspecified atom stereocenters. The van der Waals surface area contributed by atoms with Crippen LogP contribution >= 0.6 is 11.5 Å². The first-order chi connectivity index (χ1) is 13.5. The number of carbonyl (C=O) groups is 2. The Hall–Kier alpha value is -2.19. The van der Waals surface area contributed by atoms with Crippen molar-refractivity contribution in [2.45, 2.75) is 32.7 Å². The first kappa shape index (κ1) is 20.5. The minimum atomic E-state index is -0.265. The van der Waals surface area contributed by atoms with Crippen LogP contribution in [-0.2, 0) is 9.59 Å². The number of carbonyl (C=O) groups excluding carboxylic acids is 2. The highest BCUT2D eigenvalue weighted by Gasteiger charge is 2.24. The van der Waals surface area contributed by atoms with Gasteiger partial charge in [-0.2, -0.15) is 4.37 Å². The summed E-state index contributed by atoms with van der Waals surface area (Å²) in [6, 6.07) is 7.93. The smallest absolute Gasteiger partial charge is 0.223 e. The number of aromatic nitrogens is 1. The van der Waals surface area contributed by atoms with Gasteiger partial charge in [-0.1, -0.05) is 26.0 Å². The molecule has 0 radical (unpaired) electrons. The van der Waals surface area contributed by atoms with Crippen LogP contribution in [0.25, 0.3) is 10.1 Å². The van der Waals surface area contributed by atoms with Crippen LogP contribution in [0.2, 0.25) is 0 Å². The summed E-state index contributed by atoms with van der Waals surface area (Å²) in [6.45, 7) is 6.55. The van der Waals surface area contributed by atoms with Crippen LogP contribution in [-0.4, -0.2) is 65.0 Å². The molecular weight excluding hydrogens is 376 g/mol. The quantitative estimate of drug-likeness (QED) is 0.736. The lowest BCUT2D eigenvalue weighted by molar-refractivity contribution is -0.134. The van der Waals surface area contributed by atoms with E-state index in [2.05, 4.69) is 26.7 Å². The van der Waals surface area contributed by atoms with Crippen LogP contribution < -0.4 is 10.2 Å². The van der Waals surface area contributed by atoms with Crippen LogP contribution in [0.1, 0.15) is 26.7 Å². The standard InChI is InChI=1S/C20H28N4O3S/c1-14(2)16(13-25)21-18(26)7-8-19(27)23-9-11-24(12-10-23)20-15-5-3-4-6-17(15)28-22-20/h3-6,14,16,25H,7-13H2,1-2H3,(H,21,26)/t16-/m0/s1. The minimum absolute atomic E-state index is 0.00281. The predicted octanol–water partition coefficient (Wildman–Crippen LogP) is 1.86. The molecule has 1 saturated heterocycles. The maximum atomic E-state index is 12.5. The van der Waals surface area contributed by atoms with E-state index in [4.69, 9.17) is 0 Å². The molecule has 1 fully saturated rings. The minimum Gasteiger partial charge on any atom is -0.394 e. The molecule has 3 rings (SSSR count). The van der Waals surface area contributed by atoms with E-state index in [9.17, 15) is 14.7 Å². The monoisotopic (exact) mass is 404 g/mol. The van der Waals surface area contributed by atoms with Crippen molar-refractivity contribution >= 4 is 39.3 Å². The third kappa shape index (κ3) is 4.80. The Morgan fingerprint density at radius 1 is 1.18 bits per heavy atom. The van der Waals surface area contributed by atoms with Gasteiger partial charge in [-0.05, 0) is 29.6 Å². The topological polar surface area (TPSA) is 85.8 Å². The van der Waals surface area contributed by atoms with E-state index in [0.29, 0.717) is 13.1 Å². The van der Waals surface area contributed by atoms with Crippen molar-refractivity contribution in [2.75, 3.05) is 37.7 Å². The molecule has 1 aliphatic rings. The van der Waals surface area contributed by atoms with E-state index in [1.165, 1.54) is 16.2 Å². The molecule has 0 aliphatic carbocycles. The number of hydrogen-bond acceptors (Lipinski definition) is 6. The van der Waals surface area contributed by atoms with Gasteiger partial charge in [0, 0.05) is 44.4 Å². The summed E-state index contributed by atoms with van der Waals surface area (Å²) < 4.78 is 5.76. The van der Waals surface area contributed by atoms with Crippen LogP contribution in [0.15, 0.2) is 24.3 Å². The fourth-order valence-corrected chi connectivity index (χ4v) is 4.14. The van der Waals surface area contributed by atoms with Gasteiger partial charge in [0.25, 0.3) is 0 Å². The number of aliphatic hydroxyl groups is 1. The number of aliphatic hydroxyl groups excluding tert-OH is 1. The molecule has 1 atom stereocenters. The van der Waals surface area contributed by atoms with E-state index in [-0.39, 0.29) is 43.2 Å². The third-order valence-corrected chi connectivity index (χ3v) is 6.02. The Kier molecular flexibility index (Phi) is 6.85. The van der Waals surface area contributed by atoms with Crippen molar-refractivity contribution in [1.29, 1.82) is 0 Å². The molecule has 0 bridgehead atoms. The van der Waals surface area contributed by atoms with Gasteiger partial charge < -0.3 is 20.2 Å². The van der Waals surface area contributed by atoms with Gasteiger partial charge >= 0.3 is 0 Å². The normalized spacial score (nSPS) is 15.9. The Bertz CT molecular complexity index is 815.